The number of hydrogen-bond acceptors (Lipinski definition) is 5. The molecule has 0 radical (unpaired) electrons. The van der Waals surface area contributed by atoms with E-state index in [1.54, 1.807) is 13.1 Å². The maximum atomic E-state index is 12.3. The molecule has 6 nitrogen and oxygen atoms in total. The van der Waals surface area contributed by atoms with E-state index in [1.807, 2.05) is 11.8 Å². The molecule has 1 saturated heterocycles. The highest BCUT2D eigenvalue weighted by Gasteiger charge is 2.23. The fraction of sp³-hybridized carbons (Fsp3) is 0.462. The van der Waals surface area contributed by atoms with Crippen molar-refractivity contribution in [3.8, 4) is 0 Å². The molecule has 2 rings (SSSR count). The second-order valence-corrected chi connectivity index (χ2v) is 5.79. The Kier molecular flexibility index (Phi) is 4.84. The molecular formula is C13H17N3O3S. The van der Waals surface area contributed by atoms with Crippen LogP contribution in [0.1, 0.15) is 23.2 Å². The molecule has 0 bridgehead atoms. The first-order chi connectivity index (χ1) is 9.63. The molecule has 1 aromatic rings. The Hall–Kier alpha value is -1.76. The van der Waals surface area contributed by atoms with Gasteiger partial charge in [0.2, 0.25) is 0 Å². The lowest BCUT2D eigenvalue weighted by Crippen LogP contribution is -2.37. The molecule has 1 amide bonds. The largest absolute Gasteiger partial charge is 0.382 e. The molecule has 0 aromatic heterocycles. The number of anilines is 1. The highest BCUT2D eigenvalue weighted by atomic mass is 32.2. The van der Waals surface area contributed by atoms with Crippen molar-refractivity contribution in [2.24, 2.45) is 0 Å². The Labute approximate surface area is 121 Å². The maximum Gasteiger partial charge on any atom is 0.293 e. The van der Waals surface area contributed by atoms with Crippen LogP contribution in [0.4, 0.5) is 11.4 Å². The number of benzene rings is 1. The zero-order valence-corrected chi connectivity index (χ0v) is 12.0. The summed E-state index contributed by atoms with van der Waals surface area (Å²) >= 11 is 1.88. The van der Waals surface area contributed by atoms with Crippen LogP contribution >= 0.6 is 11.8 Å². The summed E-state index contributed by atoms with van der Waals surface area (Å²) in [6.45, 7) is 0. The van der Waals surface area contributed by atoms with E-state index in [1.165, 1.54) is 12.1 Å². The van der Waals surface area contributed by atoms with Crippen molar-refractivity contribution in [1.29, 1.82) is 0 Å². The van der Waals surface area contributed by atoms with Crippen molar-refractivity contribution in [1.82, 2.24) is 5.32 Å². The molecule has 1 aliphatic heterocycles. The number of para-hydroxylation sites is 1. The topological polar surface area (TPSA) is 84.3 Å². The van der Waals surface area contributed by atoms with E-state index in [0.717, 1.165) is 24.3 Å². The number of amides is 1. The van der Waals surface area contributed by atoms with Gasteiger partial charge >= 0.3 is 0 Å². The number of nitro benzene ring substituents is 1. The van der Waals surface area contributed by atoms with Gasteiger partial charge in [-0.05, 0) is 30.4 Å². The molecule has 7 heteroatoms. The van der Waals surface area contributed by atoms with Crippen LogP contribution in [0.2, 0.25) is 0 Å². The quantitative estimate of drug-likeness (QED) is 0.657. The summed E-state index contributed by atoms with van der Waals surface area (Å²) in [5.74, 6) is 1.83. The monoisotopic (exact) mass is 295 g/mol. The average Bonchev–Trinajstić information content (AvgIpc) is 2.47. The number of nitro groups is 1. The van der Waals surface area contributed by atoms with E-state index in [-0.39, 0.29) is 23.3 Å². The van der Waals surface area contributed by atoms with Gasteiger partial charge in [0.1, 0.15) is 5.69 Å². The summed E-state index contributed by atoms with van der Waals surface area (Å²) in [7, 11) is 1.58. The molecular weight excluding hydrogens is 278 g/mol. The molecule has 108 valence electrons. The fourth-order valence-corrected chi connectivity index (χ4v) is 3.36. The van der Waals surface area contributed by atoms with Gasteiger partial charge in [-0.25, -0.2) is 0 Å². The van der Waals surface area contributed by atoms with Gasteiger partial charge in [0.15, 0.2) is 0 Å². The van der Waals surface area contributed by atoms with Crippen molar-refractivity contribution in [3.63, 3.8) is 0 Å². The van der Waals surface area contributed by atoms with Crippen LogP contribution in [0.3, 0.4) is 0 Å². The Morgan fingerprint density at radius 3 is 2.70 bits per heavy atom. The number of rotatable bonds is 4. The van der Waals surface area contributed by atoms with Gasteiger partial charge in [-0.3, -0.25) is 14.9 Å². The molecule has 0 saturated carbocycles. The van der Waals surface area contributed by atoms with Crippen molar-refractivity contribution in [3.05, 3.63) is 33.9 Å². The summed E-state index contributed by atoms with van der Waals surface area (Å²) in [5.41, 5.74) is 0.500. The van der Waals surface area contributed by atoms with E-state index in [2.05, 4.69) is 10.6 Å². The minimum Gasteiger partial charge on any atom is -0.382 e. The zero-order chi connectivity index (χ0) is 14.5. The molecule has 0 atom stereocenters. The molecule has 0 spiro atoms. The standard InChI is InChI=1S/C13H17N3O3S/c1-14-12-10(3-2-4-11(12)16(18)19)13(17)15-9-5-7-20-8-6-9/h2-4,9,14H,5-8H2,1H3,(H,15,17). The predicted octanol–water partition coefficient (Wildman–Crippen LogP) is 2.26. The number of hydrogen-bond donors (Lipinski definition) is 2. The second kappa shape index (κ2) is 6.60. The molecule has 1 fully saturated rings. The average molecular weight is 295 g/mol. The van der Waals surface area contributed by atoms with Gasteiger partial charge in [0.25, 0.3) is 11.6 Å². The number of nitrogens with one attached hydrogen (secondary N) is 2. The third-order valence-corrected chi connectivity index (χ3v) is 4.34. The Morgan fingerprint density at radius 2 is 2.10 bits per heavy atom. The van der Waals surface area contributed by atoms with E-state index >= 15 is 0 Å². The van der Waals surface area contributed by atoms with E-state index in [9.17, 15) is 14.9 Å². The van der Waals surface area contributed by atoms with Gasteiger partial charge < -0.3 is 10.6 Å². The summed E-state index contributed by atoms with van der Waals surface area (Å²) in [6.07, 6.45) is 1.89. The summed E-state index contributed by atoms with van der Waals surface area (Å²) in [4.78, 5) is 22.8. The first-order valence-corrected chi connectivity index (χ1v) is 7.62. The normalized spacial score (nSPS) is 15.7. The van der Waals surface area contributed by atoms with Crippen LogP contribution in [-0.2, 0) is 0 Å². The Bertz CT molecular complexity index is 516. The number of carbonyl (C=O) groups is 1. The lowest BCUT2D eigenvalue weighted by molar-refractivity contribution is -0.384. The van der Waals surface area contributed by atoms with E-state index in [0.29, 0.717) is 5.56 Å². The molecule has 0 unspecified atom stereocenters. The summed E-state index contributed by atoms with van der Waals surface area (Å²) in [6, 6.07) is 4.68. The van der Waals surface area contributed by atoms with Gasteiger partial charge in [0.05, 0.1) is 10.5 Å². The number of carbonyl (C=O) groups excluding carboxylic acids is 1. The molecule has 1 aliphatic rings. The molecule has 0 aliphatic carbocycles. The Morgan fingerprint density at radius 1 is 1.40 bits per heavy atom. The number of nitrogens with zero attached hydrogens (tertiary/aromatic N) is 1. The lowest BCUT2D eigenvalue weighted by atomic mass is 10.1. The van der Waals surface area contributed by atoms with Gasteiger partial charge in [-0.15, -0.1) is 0 Å². The van der Waals surface area contributed by atoms with E-state index in [4.69, 9.17) is 0 Å². The number of thioether (sulfide) groups is 1. The minimum absolute atomic E-state index is 0.0839. The molecule has 2 N–H and O–H groups in total. The van der Waals surface area contributed by atoms with Crippen LogP contribution in [0.5, 0.6) is 0 Å². The smallest absolute Gasteiger partial charge is 0.293 e. The minimum atomic E-state index is -0.486. The van der Waals surface area contributed by atoms with Crippen LogP contribution in [0.15, 0.2) is 18.2 Å². The predicted molar refractivity (Wildman–Crippen MR) is 80.5 cm³/mol. The third kappa shape index (κ3) is 3.22. The van der Waals surface area contributed by atoms with Crippen LogP contribution in [0.25, 0.3) is 0 Å². The fourth-order valence-electron chi connectivity index (χ4n) is 2.25. The van der Waals surface area contributed by atoms with Crippen molar-refractivity contribution >= 4 is 29.0 Å². The highest BCUT2D eigenvalue weighted by Crippen LogP contribution is 2.28. The van der Waals surface area contributed by atoms with Crippen LogP contribution in [-0.4, -0.2) is 35.4 Å². The zero-order valence-electron chi connectivity index (χ0n) is 11.2. The van der Waals surface area contributed by atoms with Crippen molar-refractivity contribution in [2.75, 3.05) is 23.9 Å². The molecule has 20 heavy (non-hydrogen) atoms. The van der Waals surface area contributed by atoms with Crippen molar-refractivity contribution in [2.45, 2.75) is 18.9 Å². The van der Waals surface area contributed by atoms with Gasteiger partial charge in [-0.1, -0.05) is 6.07 Å². The summed E-state index contributed by atoms with van der Waals surface area (Å²) < 4.78 is 0. The van der Waals surface area contributed by atoms with Gasteiger partial charge in [0, 0.05) is 19.2 Å². The third-order valence-electron chi connectivity index (χ3n) is 3.29. The molecule has 1 aromatic carbocycles. The van der Waals surface area contributed by atoms with E-state index < -0.39 is 4.92 Å². The lowest BCUT2D eigenvalue weighted by Gasteiger charge is -2.23. The Balaban J connectivity index is 2.20. The highest BCUT2D eigenvalue weighted by molar-refractivity contribution is 7.99. The SMILES string of the molecule is CNc1c(C(=O)NC2CCSCC2)cccc1[N+](=O)[O-]. The maximum absolute atomic E-state index is 12.3. The second-order valence-electron chi connectivity index (χ2n) is 4.57. The van der Waals surface area contributed by atoms with Crippen LogP contribution in [0, 0.1) is 10.1 Å². The van der Waals surface area contributed by atoms with Crippen molar-refractivity contribution < 1.29 is 9.72 Å². The first kappa shape index (κ1) is 14.6. The summed E-state index contributed by atoms with van der Waals surface area (Å²) in [5, 5.41) is 16.7. The molecule has 1 heterocycles. The first-order valence-electron chi connectivity index (χ1n) is 6.47. The van der Waals surface area contributed by atoms with Gasteiger partial charge in [-0.2, -0.15) is 11.8 Å². The van der Waals surface area contributed by atoms with Crippen LogP contribution < -0.4 is 10.6 Å².